The van der Waals surface area contributed by atoms with Crippen molar-refractivity contribution in [2.24, 2.45) is 5.92 Å². The SMILES string of the molecule is COc1ccc2c(c1)C(=O)CC2CC(C)C. The summed E-state index contributed by atoms with van der Waals surface area (Å²) >= 11 is 0. The molecular formula is C14H18O2. The molecule has 0 fully saturated rings. The van der Waals surface area contributed by atoms with Crippen molar-refractivity contribution in [2.75, 3.05) is 7.11 Å². The van der Waals surface area contributed by atoms with Crippen molar-refractivity contribution in [3.8, 4) is 5.75 Å². The van der Waals surface area contributed by atoms with Crippen LogP contribution in [0.25, 0.3) is 0 Å². The largest absolute Gasteiger partial charge is 0.497 e. The van der Waals surface area contributed by atoms with Crippen LogP contribution in [0, 0.1) is 5.92 Å². The first kappa shape index (κ1) is 11.2. The Morgan fingerprint density at radius 3 is 2.81 bits per heavy atom. The Hall–Kier alpha value is -1.31. The van der Waals surface area contributed by atoms with Gasteiger partial charge >= 0.3 is 0 Å². The summed E-state index contributed by atoms with van der Waals surface area (Å²) in [6.45, 7) is 4.40. The molecule has 0 saturated heterocycles. The zero-order chi connectivity index (χ0) is 11.7. The van der Waals surface area contributed by atoms with E-state index in [4.69, 9.17) is 4.74 Å². The standard InChI is InChI=1S/C14H18O2/c1-9(2)6-10-7-14(15)13-8-11(16-3)4-5-12(10)13/h4-5,8-10H,6-7H2,1-3H3. The van der Waals surface area contributed by atoms with Crippen molar-refractivity contribution < 1.29 is 9.53 Å². The van der Waals surface area contributed by atoms with Crippen molar-refractivity contribution in [1.82, 2.24) is 0 Å². The number of benzene rings is 1. The molecule has 1 aromatic carbocycles. The number of rotatable bonds is 3. The number of Topliss-reactive ketones (excluding diaryl/α,β-unsaturated/α-hetero) is 1. The molecule has 1 aliphatic rings. The van der Waals surface area contributed by atoms with Crippen LogP contribution in [-0.4, -0.2) is 12.9 Å². The Morgan fingerprint density at radius 1 is 1.44 bits per heavy atom. The maximum atomic E-state index is 11.9. The molecule has 0 spiro atoms. The lowest BCUT2D eigenvalue weighted by molar-refractivity contribution is 0.0987. The number of hydrogen-bond acceptors (Lipinski definition) is 2. The average Bonchev–Trinajstić information content (AvgIpc) is 2.54. The molecule has 2 rings (SSSR count). The maximum absolute atomic E-state index is 11.9. The van der Waals surface area contributed by atoms with Crippen LogP contribution in [0.2, 0.25) is 0 Å². The van der Waals surface area contributed by atoms with Crippen LogP contribution in [-0.2, 0) is 0 Å². The number of fused-ring (bicyclic) bond motifs is 1. The molecular weight excluding hydrogens is 200 g/mol. The van der Waals surface area contributed by atoms with Crippen LogP contribution in [0.1, 0.15) is 48.5 Å². The van der Waals surface area contributed by atoms with Gasteiger partial charge in [-0.25, -0.2) is 0 Å². The van der Waals surface area contributed by atoms with E-state index in [1.165, 1.54) is 5.56 Å². The zero-order valence-electron chi connectivity index (χ0n) is 10.1. The molecule has 1 aromatic rings. The van der Waals surface area contributed by atoms with Gasteiger partial charge in [-0.1, -0.05) is 19.9 Å². The van der Waals surface area contributed by atoms with Gasteiger partial charge in [0.15, 0.2) is 5.78 Å². The van der Waals surface area contributed by atoms with Gasteiger partial charge in [0.1, 0.15) is 5.75 Å². The van der Waals surface area contributed by atoms with Gasteiger partial charge in [0.05, 0.1) is 7.11 Å². The first-order valence-corrected chi connectivity index (χ1v) is 5.83. The van der Waals surface area contributed by atoms with E-state index in [0.29, 0.717) is 18.3 Å². The highest BCUT2D eigenvalue weighted by Gasteiger charge is 2.29. The van der Waals surface area contributed by atoms with E-state index in [1.54, 1.807) is 7.11 Å². The molecule has 0 aliphatic heterocycles. The van der Waals surface area contributed by atoms with Gasteiger partial charge in [0.25, 0.3) is 0 Å². The predicted octanol–water partition coefficient (Wildman–Crippen LogP) is 3.41. The summed E-state index contributed by atoms with van der Waals surface area (Å²) in [5, 5.41) is 0. The topological polar surface area (TPSA) is 26.3 Å². The van der Waals surface area contributed by atoms with Crippen LogP contribution in [0.4, 0.5) is 0 Å². The second-order valence-electron chi connectivity index (χ2n) is 4.91. The third-order valence-electron chi connectivity index (χ3n) is 3.19. The lowest BCUT2D eigenvalue weighted by Gasteiger charge is -2.13. The van der Waals surface area contributed by atoms with Crippen molar-refractivity contribution >= 4 is 5.78 Å². The van der Waals surface area contributed by atoms with Crippen LogP contribution in [0.3, 0.4) is 0 Å². The molecule has 0 bridgehead atoms. The summed E-state index contributed by atoms with van der Waals surface area (Å²) in [4.78, 5) is 11.9. The molecule has 1 atom stereocenters. The molecule has 0 aromatic heterocycles. The highest BCUT2D eigenvalue weighted by Crippen LogP contribution is 2.38. The Balaban J connectivity index is 2.32. The van der Waals surface area contributed by atoms with E-state index < -0.39 is 0 Å². The van der Waals surface area contributed by atoms with E-state index in [0.717, 1.165) is 17.7 Å². The number of carbonyl (C=O) groups is 1. The minimum atomic E-state index is 0.263. The van der Waals surface area contributed by atoms with Gasteiger partial charge in [0.2, 0.25) is 0 Å². The summed E-state index contributed by atoms with van der Waals surface area (Å²) < 4.78 is 5.15. The molecule has 1 aliphatic carbocycles. The van der Waals surface area contributed by atoms with E-state index in [2.05, 4.69) is 13.8 Å². The molecule has 0 saturated carbocycles. The Labute approximate surface area is 96.6 Å². The van der Waals surface area contributed by atoms with Crippen LogP contribution >= 0.6 is 0 Å². The first-order valence-electron chi connectivity index (χ1n) is 5.83. The fraction of sp³-hybridized carbons (Fsp3) is 0.500. The third-order valence-corrected chi connectivity index (χ3v) is 3.19. The molecule has 0 amide bonds. The Bertz CT molecular complexity index is 407. The minimum Gasteiger partial charge on any atom is -0.497 e. The lowest BCUT2D eigenvalue weighted by Crippen LogP contribution is -1.99. The molecule has 0 heterocycles. The zero-order valence-corrected chi connectivity index (χ0v) is 10.1. The van der Waals surface area contributed by atoms with E-state index in [9.17, 15) is 4.79 Å². The van der Waals surface area contributed by atoms with Crippen LogP contribution in [0.5, 0.6) is 5.75 Å². The molecule has 0 N–H and O–H groups in total. The van der Waals surface area contributed by atoms with E-state index in [-0.39, 0.29) is 5.78 Å². The van der Waals surface area contributed by atoms with Gasteiger partial charge in [-0.15, -0.1) is 0 Å². The first-order chi connectivity index (χ1) is 7.61. The normalized spacial score (nSPS) is 19.0. The highest BCUT2D eigenvalue weighted by molar-refractivity contribution is 6.01. The van der Waals surface area contributed by atoms with Crippen LogP contribution < -0.4 is 4.74 Å². The summed E-state index contributed by atoms with van der Waals surface area (Å²) in [6, 6.07) is 5.87. The number of hydrogen-bond donors (Lipinski definition) is 0. The number of methoxy groups -OCH3 is 1. The summed E-state index contributed by atoms with van der Waals surface area (Å²) in [5.74, 6) is 2.08. The van der Waals surface area contributed by atoms with Gasteiger partial charge in [-0.3, -0.25) is 4.79 Å². The fourth-order valence-electron chi connectivity index (χ4n) is 2.48. The average molecular weight is 218 g/mol. The predicted molar refractivity (Wildman–Crippen MR) is 64.1 cm³/mol. The smallest absolute Gasteiger partial charge is 0.163 e. The van der Waals surface area contributed by atoms with Crippen molar-refractivity contribution in [3.05, 3.63) is 29.3 Å². The van der Waals surface area contributed by atoms with Crippen molar-refractivity contribution in [2.45, 2.75) is 32.6 Å². The number of ketones is 1. The Kier molecular flexibility index (Phi) is 2.99. The second kappa shape index (κ2) is 4.28. The number of carbonyl (C=O) groups excluding carboxylic acids is 1. The fourth-order valence-corrected chi connectivity index (χ4v) is 2.48. The monoisotopic (exact) mass is 218 g/mol. The van der Waals surface area contributed by atoms with Gasteiger partial charge in [0, 0.05) is 12.0 Å². The highest BCUT2D eigenvalue weighted by atomic mass is 16.5. The third kappa shape index (κ3) is 1.97. The van der Waals surface area contributed by atoms with Gasteiger partial charge in [-0.05, 0) is 36.0 Å². The van der Waals surface area contributed by atoms with E-state index in [1.807, 2.05) is 18.2 Å². The second-order valence-corrected chi connectivity index (χ2v) is 4.91. The van der Waals surface area contributed by atoms with Crippen molar-refractivity contribution in [3.63, 3.8) is 0 Å². The molecule has 16 heavy (non-hydrogen) atoms. The maximum Gasteiger partial charge on any atom is 0.163 e. The Morgan fingerprint density at radius 2 is 2.19 bits per heavy atom. The van der Waals surface area contributed by atoms with Crippen molar-refractivity contribution in [1.29, 1.82) is 0 Å². The van der Waals surface area contributed by atoms with Gasteiger partial charge in [-0.2, -0.15) is 0 Å². The van der Waals surface area contributed by atoms with E-state index >= 15 is 0 Å². The van der Waals surface area contributed by atoms with Crippen LogP contribution in [0.15, 0.2) is 18.2 Å². The molecule has 0 radical (unpaired) electrons. The summed E-state index contributed by atoms with van der Waals surface area (Å²) in [6.07, 6.45) is 1.76. The minimum absolute atomic E-state index is 0.263. The molecule has 2 heteroatoms. The summed E-state index contributed by atoms with van der Waals surface area (Å²) in [7, 11) is 1.63. The molecule has 1 unspecified atom stereocenters. The lowest BCUT2D eigenvalue weighted by atomic mass is 9.92. The quantitative estimate of drug-likeness (QED) is 0.777. The summed E-state index contributed by atoms with van der Waals surface area (Å²) in [5.41, 5.74) is 2.07. The van der Waals surface area contributed by atoms with Gasteiger partial charge < -0.3 is 4.74 Å². The molecule has 2 nitrogen and oxygen atoms in total. The number of ether oxygens (including phenoxy) is 1. The molecule has 86 valence electrons.